The molecule has 0 aromatic heterocycles. The number of hydrogen-bond donors (Lipinski definition) is 1. The van der Waals surface area contributed by atoms with Gasteiger partial charge < -0.3 is 15.1 Å². The van der Waals surface area contributed by atoms with Gasteiger partial charge in [0.1, 0.15) is 0 Å². The van der Waals surface area contributed by atoms with Gasteiger partial charge in [0.25, 0.3) is 0 Å². The van der Waals surface area contributed by atoms with E-state index in [1.807, 2.05) is 43.3 Å². The summed E-state index contributed by atoms with van der Waals surface area (Å²) in [7, 11) is 2.08. The van der Waals surface area contributed by atoms with Crippen LogP contribution in [0.4, 0.5) is 16.2 Å². The number of nitrogens with one attached hydrogen (secondary N) is 1. The van der Waals surface area contributed by atoms with Crippen molar-refractivity contribution in [2.24, 2.45) is 0 Å². The van der Waals surface area contributed by atoms with Crippen molar-refractivity contribution >= 4 is 27.4 Å². The highest BCUT2D eigenvalue weighted by atomic mass is 32.2. The van der Waals surface area contributed by atoms with Gasteiger partial charge in [-0.3, -0.25) is 0 Å². The summed E-state index contributed by atoms with van der Waals surface area (Å²) < 4.78 is 26.8. The number of anilines is 2. The van der Waals surface area contributed by atoms with Crippen molar-refractivity contribution in [3.05, 3.63) is 54.1 Å². The van der Waals surface area contributed by atoms with Crippen molar-refractivity contribution in [3.63, 3.8) is 0 Å². The van der Waals surface area contributed by atoms with Gasteiger partial charge in [0.2, 0.25) is 10.0 Å². The van der Waals surface area contributed by atoms with Crippen molar-refractivity contribution in [3.8, 4) is 0 Å². The van der Waals surface area contributed by atoms with Crippen LogP contribution in [-0.4, -0.2) is 57.9 Å². The topological polar surface area (TPSA) is 73.0 Å². The fourth-order valence-electron chi connectivity index (χ4n) is 2.91. The standard InChI is InChI=1S/C21H30N4O3S/c1-6-25(7-2)29(27,28)20-10-8-9-18(15-20)22-21(26)24(5)16-17-11-13-19(14-12-17)23(3)4/h8-15H,6-7,16H2,1-5H3,(H,22,26). The number of rotatable bonds is 8. The number of hydrogen-bond acceptors (Lipinski definition) is 4. The normalized spacial score (nSPS) is 11.4. The largest absolute Gasteiger partial charge is 0.378 e. The summed E-state index contributed by atoms with van der Waals surface area (Å²) in [5, 5.41) is 2.77. The molecule has 0 heterocycles. The molecule has 7 nitrogen and oxygen atoms in total. The summed E-state index contributed by atoms with van der Waals surface area (Å²) in [5.74, 6) is 0. The van der Waals surface area contributed by atoms with Gasteiger partial charge in [-0.05, 0) is 35.9 Å². The summed E-state index contributed by atoms with van der Waals surface area (Å²) in [6.07, 6.45) is 0. The molecule has 0 unspecified atom stereocenters. The Morgan fingerprint density at radius 2 is 1.59 bits per heavy atom. The van der Waals surface area contributed by atoms with Crippen LogP contribution < -0.4 is 10.2 Å². The van der Waals surface area contributed by atoms with Crippen molar-refractivity contribution in [2.75, 3.05) is 44.4 Å². The van der Waals surface area contributed by atoms with Crippen LogP contribution in [0.1, 0.15) is 19.4 Å². The highest BCUT2D eigenvalue weighted by molar-refractivity contribution is 7.89. The van der Waals surface area contributed by atoms with Crippen LogP contribution in [0.25, 0.3) is 0 Å². The van der Waals surface area contributed by atoms with Gasteiger partial charge in [-0.25, -0.2) is 13.2 Å². The summed E-state index contributed by atoms with van der Waals surface area (Å²) in [5.41, 5.74) is 2.54. The van der Waals surface area contributed by atoms with E-state index >= 15 is 0 Å². The first-order valence-electron chi connectivity index (χ1n) is 9.57. The lowest BCUT2D eigenvalue weighted by Crippen LogP contribution is -2.32. The molecule has 0 atom stereocenters. The molecule has 0 aliphatic heterocycles. The average molecular weight is 419 g/mol. The van der Waals surface area contributed by atoms with E-state index in [1.165, 1.54) is 10.4 Å². The Hall–Kier alpha value is -2.58. The van der Waals surface area contributed by atoms with Crippen molar-refractivity contribution in [1.82, 2.24) is 9.21 Å². The molecule has 8 heteroatoms. The third-order valence-corrected chi connectivity index (χ3v) is 6.69. The van der Waals surface area contributed by atoms with Crippen LogP contribution in [0.15, 0.2) is 53.4 Å². The molecular weight excluding hydrogens is 388 g/mol. The molecule has 158 valence electrons. The average Bonchev–Trinajstić information content (AvgIpc) is 2.69. The molecule has 0 aliphatic rings. The smallest absolute Gasteiger partial charge is 0.321 e. The van der Waals surface area contributed by atoms with E-state index in [0.29, 0.717) is 25.3 Å². The Balaban J connectivity index is 2.08. The fourth-order valence-corrected chi connectivity index (χ4v) is 4.42. The molecule has 2 aromatic rings. The van der Waals surface area contributed by atoms with Crippen LogP contribution in [0, 0.1) is 0 Å². The molecule has 0 radical (unpaired) electrons. The molecule has 2 rings (SSSR count). The Labute approximate surface area is 174 Å². The summed E-state index contributed by atoms with van der Waals surface area (Å²) in [6.45, 7) is 4.83. The van der Waals surface area contributed by atoms with Gasteiger partial charge in [-0.2, -0.15) is 4.31 Å². The second-order valence-electron chi connectivity index (χ2n) is 6.96. The minimum atomic E-state index is -3.58. The van der Waals surface area contributed by atoms with E-state index in [-0.39, 0.29) is 10.9 Å². The highest BCUT2D eigenvalue weighted by Gasteiger charge is 2.22. The van der Waals surface area contributed by atoms with Crippen LogP contribution >= 0.6 is 0 Å². The Kier molecular flexibility index (Phi) is 7.64. The molecule has 2 amide bonds. The third kappa shape index (κ3) is 5.71. The van der Waals surface area contributed by atoms with E-state index in [0.717, 1.165) is 11.3 Å². The van der Waals surface area contributed by atoms with E-state index in [2.05, 4.69) is 5.32 Å². The molecule has 29 heavy (non-hydrogen) atoms. The molecular formula is C21H30N4O3S. The Morgan fingerprint density at radius 3 is 2.14 bits per heavy atom. The summed E-state index contributed by atoms with van der Waals surface area (Å²) in [4.78, 5) is 16.3. The molecule has 0 bridgehead atoms. The van der Waals surface area contributed by atoms with E-state index in [4.69, 9.17) is 0 Å². The number of carbonyl (C=O) groups is 1. The van der Waals surface area contributed by atoms with Gasteiger partial charge in [-0.1, -0.05) is 32.0 Å². The lowest BCUT2D eigenvalue weighted by Gasteiger charge is -2.20. The molecule has 0 saturated heterocycles. The zero-order chi connectivity index (χ0) is 21.6. The van der Waals surface area contributed by atoms with Gasteiger partial charge >= 0.3 is 6.03 Å². The second-order valence-corrected chi connectivity index (χ2v) is 8.90. The number of urea groups is 1. The molecule has 1 N–H and O–H groups in total. The first-order valence-corrected chi connectivity index (χ1v) is 11.0. The van der Waals surface area contributed by atoms with E-state index in [1.54, 1.807) is 44.0 Å². The lowest BCUT2D eigenvalue weighted by molar-refractivity contribution is 0.220. The first kappa shape index (κ1) is 22.7. The minimum absolute atomic E-state index is 0.168. The van der Waals surface area contributed by atoms with Crippen LogP contribution in [-0.2, 0) is 16.6 Å². The maximum absolute atomic E-state index is 12.7. The van der Waals surface area contributed by atoms with Gasteiger partial charge in [0, 0.05) is 52.2 Å². The van der Waals surface area contributed by atoms with Crippen LogP contribution in [0.3, 0.4) is 0 Å². The predicted molar refractivity (Wildman–Crippen MR) is 118 cm³/mol. The van der Waals surface area contributed by atoms with Gasteiger partial charge in [0.15, 0.2) is 0 Å². The van der Waals surface area contributed by atoms with E-state index in [9.17, 15) is 13.2 Å². The zero-order valence-electron chi connectivity index (χ0n) is 17.7. The Bertz CT molecular complexity index is 923. The number of nitrogens with zero attached hydrogens (tertiary/aromatic N) is 3. The van der Waals surface area contributed by atoms with Crippen LogP contribution in [0.2, 0.25) is 0 Å². The summed E-state index contributed by atoms with van der Waals surface area (Å²) >= 11 is 0. The number of benzene rings is 2. The molecule has 2 aromatic carbocycles. The summed E-state index contributed by atoms with van der Waals surface area (Å²) in [6, 6.07) is 14.0. The number of sulfonamides is 1. The molecule has 0 aliphatic carbocycles. The van der Waals surface area contributed by atoms with Gasteiger partial charge in [-0.15, -0.1) is 0 Å². The number of carbonyl (C=O) groups excluding carboxylic acids is 1. The SMILES string of the molecule is CCN(CC)S(=O)(=O)c1cccc(NC(=O)N(C)Cc2ccc(N(C)C)cc2)c1. The molecule has 0 spiro atoms. The highest BCUT2D eigenvalue weighted by Crippen LogP contribution is 2.20. The van der Waals surface area contributed by atoms with Crippen molar-refractivity contribution in [1.29, 1.82) is 0 Å². The number of amides is 2. The zero-order valence-corrected chi connectivity index (χ0v) is 18.5. The maximum Gasteiger partial charge on any atom is 0.321 e. The quantitative estimate of drug-likeness (QED) is 0.713. The minimum Gasteiger partial charge on any atom is -0.378 e. The van der Waals surface area contributed by atoms with E-state index < -0.39 is 10.0 Å². The lowest BCUT2D eigenvalue weighted by atomic mass is 10.2. The molecule has 0 fully saturated rings. The Morgan fingerprint density at radius 1 is 0.966 bits per heavy atom. The third-order valence-electron chi connectivity index (χ3n) is 4.65. The monoisotopic (exact) mass is 418 g/mol. The van der Waals surface area contributed by atoms with Crippen molar-refractivity contribution in [2.45, 2.75) is 25.3 Å². The maximum atomic E-state index is 12.7. The van der Waals surface area contributed by atoms with Crippen LogP contribution in [0.5, 0.6) is 0 Å². The fraction of sp³-hybridized carbons (Fsp3) is 0.381. The van der Waals surface area contributed by atoms with Crippen molar-refractivity contribution < 1.29 is 13.2 Å². The predicted octanol–water partition coefficient (Wildman–Crippen LogP) is 3.45. The second kappa shape index (κ2) is 9.76. The van der Waals surface area contributed by atoms with Gasteiger partial charge in [0.05, 0.1) is 4.90 Å². The molecule has 0 saturated carbocycles. The first-order chi connectivity index (χ1) is 13.7.